The number of hydrogen-bond donors (Lipinski definition) is 1. The summed E-state index contributed by atoms with van der Waals surface area (Å²) >= 11 is 1.19. The molecule has 0 saturated carbocycles. The van der Waals surface area contributed by atoms with Crippen LogP contribution in [0.4, 0.5) is 5.00 Å². The van der Waals surface area contributed by atoms with Gasteiger partial charge in [-0.1, -0.05) is 31.9 Å². The van der Waals surface area contributed by atoms with E-state index in [1.54, 1.807) is 30.5 Å². The summed E-state index contributed by atoms with van der Waals surface area (Å²) in [5.41, 5.74) is 0.909. The smallest absolute Gasteiger partial charge is 0.341 e. The van der Waals surface area contributed by atoms with Gasteiger partial charge in [-0.25, -0.2) is 4.79 Å². The molecule has 0 aliphatic heterocycles. The summed E-state index contributed by atoms with van der Waals surface area (Å²) in [4.78, 5) is 24.4. The first-order valence-corrected chi connectivity index (χ1v) is 10.4. The second-order valence-corrected chi connectivity index (χ2v) is 7.05. The number of amides is 1. The molecule has 0 atom stereocenters. The number of carbonyl (C=O) groups is 2. The lowest BCUT2D eigenvalue weighted by Gasteiger charge is -2.07. The fourth-order valence-electron chi connectivity index (χ4n) is 2.46. The maximum atomic E-state index is 12.5. The maximum Gasteiger partial charge on any atom is 0.341 e. The van der Waals surface area contributed by atoms with Gasteiger partial charge >= 0.3 is 5.97 Å². The molecule has 0 aliphatic carbocycles. The van der Waals surface area contributed by atoms with Gasteiger partial charge in [-0.3, -0.25) is 4.79 Å². The SMILES string of the molecule is CCCCCOc1ccc(C=C(C#N)C(=O)Nc2sccc2C(=O)OCC)cc1. The van der Waals surface area contributed by atoms with Crippen molar-refractivity contribution in [2.45, 2.75) is 33.1 Å². The minimum atomic E-state index is -0.583. The standard InChI is InChI=1S/C22H24N2O4S/c1-3-5-6-12-28-18-9-7-16(8-10-18)14-17(15-23)20(25)24-21-19(11-13-29-21)22(26)27-4-2/h7-11,13-14H,3-6,12H2,1-2H3,(H,24,25). The van der Waals surface area contributed by atoms with Crippen LogP contribution < -0.4 is 10.1 Å². The maximum absolute atomic E-state index is 12.5. The van der Waals surface area contributed by atoms with E-state index in [1.807, 2.05) is 18.2 Å². The van der Waals surface area contributed by atoms with Crippen LogP contribution in [0.1, 0.15) is 49.0 Å². The van der Waals surface area contributed by atoms with Gasteiger partial charge < -0.3 is 14.8 Å². The molecule has 2 rings (SSSR count). The van der Waals surface area contributed by atoms with Gasteiger partial charge in [0.1, 0.15) is 22.4 Å². The fourth-order valence-corrected chi connectivity index (χ4v) is 3.23. The quantitative estimate of drug-likeness (QED) is 0.256. The van der Waals surface area contributed by atoms with E-state index in [9.17, 15) is 14.9 Å². The number of thiophene rings is 1. The van der Waals surface area contributed by atoms with Crippen LogP contribution in [-0.2, 0) is 9.53 Å². The zero-order valence-corrected chi connectivity index (χ0v) is 17.4. The van der Waals surface area contributed by atoms with Crippen LogP contribution in [0.3, 0.4) is 0 Å². The van der Waals surface area contributed by atoms with Crippen molar-refractivity contribution < 1.29 is 19.1 Å². The summed E-state index contributed by atoms with van der Waals surface area (Å²) in [7, 11) is 0. The second-order valence-electron chi connectivity index (χ2n) is 6.13. The molecular weight excluding hydrogens is 388 g/mol. The van der Waals surface area contributed by atoms with Gasteiger partial charge in [-0.05, 0) is 48.6 Å². The van der Waals surface area contributed by atoms with E-state index in [0.717, 1.165) is 25.0 Å². The third kappa shape index (κ3) is 6.77. The molecule has 0 fully saturated rings. The van der Waals surface area contributed by atoms with Crippen molar-refractivity contribution in [3.63, 3.8) is 0 Å². The highest BCUT2D eigenvalue weighted by Gasteiger charge is 2.18. The Morgan fingerprint density at radius 1 is 1.17 bits per heavy atom. The van der Waals surface area contributed by atoms with Crippen LogP contribution in [0.15, 0.2) is 41.3 Å². The van der Waals surface area contributed by atoms with Crippen LogP contribution in [0.25, 0.3) is 6.08 Å². The zero-order chi connectivity index (χ0) is 21.1. The van der Waals surface area contributed by atoms with Crippen molar-refractivity contribution in [3.05, 3.63) is 52.4 Å². The van der Waals surface area contributed by atoms with E-state index < -0.39 is 11.9 Å². The normalized spacial score (nSPS) is 10.9. The Morgan fingerprint density at radius 3 is 2.59 bits per heavy atom. The number of ether oxygens (including phenoxy) is 2. The van der Waals surface area contributed by atoms with Crippen LogP contribution in [0, 0.1) is 11.3 Å². The number of anilines is 1. The molecule has 1 N–H and O–H groups in total. The lowest BCUT2D eigenvalue weighted by atomic mass is 10.1. The predicted molar refractivity (Wildman–Crippen MR) is 114 cm³/mol. The predicted octanol–water partition coefficient (Wildman–Crippen LogP) is 5.04. The van der Waals surface area contributed by atoms with Gasteiger partial charge in [-0.2, -0.15) is 5.26 Å². The summed E-state index contributed by atoms with van der Waals surface area (Å²) in [5, 5.41) is 14.0. The van der Waals surface area contributed by atoms with Crippen molar-refractivity contribution in [3.8, 4) is 11.8 Å². The van der Waals surface area contributed by atoms with Crippen LogP contribution in [-0.4, -0.2) is 25.1 Å². The summed E-state index contributed by atoms with van der Waals surface area (Å²) in [6.07, 6.45) is 4.77. The van der Waals surface area contributed by atoms with Gasteiger partial charge in [0.2, 0.25) is 0 Å². The van der Waals surface area contributed by atoms with E-state index in [0.29, 0.717) is 17.2 Å². The molecule has 152 valence electrons. The van der Waals surface area contributed by atoms with Gasteiger partial charge in [0.15, 0.2) is 0 Å². The number of carbonyl (C=O) groups excluding carboxylic acids is 2. The first kappa shape index (κ1) is 22.2. The van der Waals surface area contributed by atoms with Crippen LogP contribution >= 0.6 is 11.3 Å². The molecule has 6 nitrogen and oxygen atoms in total. The van der Waals surface area contributed by atoms with Crippen molar-refractivity contribution in [1.82, 2.24) is 0 Å². The van der Waals surface area contributed by atoms with E-state index in [1.165, 1.54) is 17.4 Å². The van der Waals surface area contributed by atoms with Gasteiger partial charge in [0.25, 0.3) is 5.91 Å². The van der Waals surface area contributed by atoms with Gasteiger partial charge in [0.05, 0.1) is 18.8 Å². The number of hydrogen-bond acceptors (Lipinski definition) is 6. The third-order valence-electron chi connectivity index (χ3n) is 3.96. The minimum absolute atomic E-state index is 0.0650. The molecule has 2 aromatic rings. The monoisotopic (exact) mass is 412 g/mol. The molecular formula is C22H24N2O4S. The average Bonchev–Trinajstić information content (AvgIpc) is 3.18. The summed E-state index contributed by atoms with van der Waals surface area (Å²) < 4.78 is 10.6. The first-order chi connectivity index (χ1) is 14.1. The number of nitrogens with zero attached hydrogens (tertiary/aromatic N) is 1. The average molecular weight is 413 g/mol. The Labute approximate surface area is 174 Å². The summed E-state index contributed by atoms with van der Waals surface area (Å²) in [5.74, 6) is -0.347. The summed E-state index contributed by atoms with van der Waals surface area (Å²) in [6.45, 7) is 4.75. The highest BCUT2D eigenvalue weighted by atomic mass is 32.1. The van der Waals surface area contributed by atoms with Crippen molar-refractivity contribution in [2.75, 3.05) is 18.5 Å². The topological polar surface area (TPSA) is 88.4 Å². The lowest BCUT2D eigenvalue weighted by Crippen LogP contribution is -2.15. The molecule has 0 radical (unpaired) electrons. The van der Waals surface area contributed by atoms with E-state index in [4.69, 9.17) is 9.47 Å². The molecule has 0 saturated heterocycles. The van der Waals surface area contributed by atoms with E-state index >= 15 is 0 Å². The molecule has 1 amide bonds. The number of unbranched alkanes of at least 4 members (excludes halogenated alkanes) is 2. The molecule has 7 heteroatoms. The minimum Gasteiger partial charge on any atom is -0.494 e. The number of esters is 1. The van der Waals surface area contributed by atoms with E-state index in [2.05, 4.69) is 12.2 Å². The third-order valence-corrected chi connectivity index (χ3v) is 4.79. The molecule has 1 heterocycles. The number of nitriles is 1. The van der Waals surface area contributed by atoms with Crippen molar-refractivity contribution >= 4 is 34.3 Å². The Morgan fingerprint density at radius 2 is 1.93 bits per heavy atom. The largest absolute Gasteiger partial charge is 0.494 e. The number of benzene rings is 1. The second kappa shape index (κ2) is 11.7. The summed E-state index contributed by atoms with van der Waals surface area (Å²) in [6, 6.07) is 10.7. The molecule has 0 spiro atoms. The molecule has 0 aliphatic rings. The highest BCUT2D eigenvalue weighted by molar-refractivity contribution is 7.14. The Hall–Kier alpha value is -3.11. The van der Waals surface area contributed by atoms with Gasteiger partial charge in [-0.15, -0.1) is 11.3 Å². The highest BCUT2D eigenvalue weighted by Crippen LogP contribution is 2.25. The van der Waals surface area contributed by atoms with Crippen LogP contribution in [0.5, 0.6) is 5.75 Å². The molecule has 0 bridgehead atoms. The van der Waals surface area contributed by atoms with Crippen molar-refractivity contribution in [1.29, 1.82) is 5.26 Å². The van der Waals surface area contributed by atoms with E-state index in [-0.39, 0.29) is 17.7 Å². The Balaban J connectivity index is 2.04. The molecule has 1 aromatic carbocycles. The Bertz CT molecular complexity index is 894. The van der Waals surface area contributed by atoms with Crippen molar-refractivity contribution in [2.24, 2.45) is 0 Å². The van der Waals surface area contributed by atoms with Gasteiger partial charge in [0, 0.05) is 0 Å². The lowest BCUT2D eigenvalue weighted by molar-refractivity contribution is -0.112. The Kier molecular flexibility index (Phi) is 8.93. The van der Waals surface area contributed by atoms with Crippen LogP contribution in [0.2, 0.25) is 0 Å². The zero-order valence-electron chi connectivity index (χ0n) is 16.6. The molecule has 0 unspecified atom stereocenters. The number of nitrogens with one attached hydrogen (secondary N) is 1. The fraction of sp³-hybridized carbons (Fsp3) is 0.318. The first-order valence-electron chi connectivity index (χ1n) is 9.49. The molecule has 29 heavy (non-hydrogen) atoms. The number of rotatable bonds is 10. The molecule has 1 aromatic heterocycles.